The molecule has 0 saturated carbocycles. The first-order valence-electron chi connectivity index (χ1n) is 5.09. The quantitative estimate of drug-likeness (QED) is 0.433. The van der Waals surface area contributed by atoms with Crippen molar-refractivity contribution >= 4 is 11.7 Å². The van der Waals surface area contributed by atoms with Crippen molar-refractivity contribution in [3.8, 4) is 0 Å². The lowest BCUT2D eigenvalue weighted by Crippen LogP contribution is -2.05. The summed E-state index contributed by atoms with van der Waals surface area (Å²) in [4.78, 5) is 20.5. The van der Waals surface area contributed by atoms with Gasteiger partial charge >= 0.3 is 11.7 Å². The summed E-state index contributed by atoms with van der Waals surface area (Å²) >= 11 is 0. The van der Waals surface area contributed by atoms with Gasteiger partial charge < -0.3 is 9.84 Å². The molecule has 0 spiro atoms. The molecule has 0 aliphatic carbocycles. The van der Waals surface area contributed by atoms with E-state index in [9.17, 15) is 14.9 Å². The third kappa shape index (κ3) is 3.52. The molecule has 94 valence electrons. The minimum absolute atomic E-state index is 0.383. The Kier molecular flexibility index (Phi) is 4.58. The van der Waals surface area contributed by atoms with Gasteiger partial charge in [0, 0.05) is 19.8 Å². The highest BCUT2D eigenvalue weighted by Crippen LogP contribution is 2.16. The number of hydrogen-bond acceptors (Lipinski definition) is 5. The van der Waals surface area contributed by atoms with Gasteiger partial charge in [0.2, 0.25) is 5.69 Å². The number of carboxylic acid groups (broad SMARTS) is 1. The van der Waals surface area contributed by atoms with Crippen LogP contribution < -0.4 is 0 Å². The summed E-state index contributed by atoms with van der Waals surface area (Å²) in [6, 6.07) is 0. The zero-order valence-electron chi connectivity index (χ0n) is 9.33. The lowest BCUT2D eigenvalue weighted by Gasteiger charge is -2.00. The summed E-state index contributed by atoms with van der Waals surface area (Å²) in [6.45, 7) is 3.35. The molecule has 0 radical (unpaired) electrons. The van der Waals surface area contributed by atoms with Crippen LogP contribution in [-0.4, -0.2) is 39.0 Å². The van der Waals surface area contributed by atoms with Crippen molar-refractivity contribution in [1.82, 2.24) is 9.78 Å². The zero-order valence-corrected chi connectivity index (χ0v) is 9.33. The Morgan fingerprint density at radius 2 is 2.41 bits per heavy atom. The molecule has 1 aromatic rings. The fourth-order valence-electron chi connectivity index (χ4n) is 1.28. The van der Waals surface area contributed by atoms with Gasteiger partial charge in [0.1, 0.15) is 6.20 Å². The maximum atomic E-state index is 10.7. The molecule has 0 aliphatic heterocycles. The van der Waals surface area contributed by atoms with Gasteiger partial charge in [-0.1, -0.05) is 0 Å². The summed E-state index contributed by atoms with van der Waals surface area (Å²) in [5.74, 6) is -1.40. The van der Waals surface area contributed by atoms with E-state index in [0.717, 1.165) is 6.20 Å². The molecule has 0 atom stereocenters. The van der Waals surface area contributed by atoms with E-state index < -0.39 is 22.3 Å². The zero-order chi connectivity index (χ0) is 12.8. The second-order valence-electron chi connectivity index (χ2n) is 3.24. The molecule has 1 aromatic heterocycles. The first-order valence-corrected chi connectivity index (χ1v) is 5.09. The fourth-order valence-corrected chi connectivity index (χ4v) is 1.28. The van der Waals surface area contributed by atoms with Gasteiger partial charge in [0.15, 0.2) is 0 Å². The molecular weight excluding hydrogens is 230 g/mol. The van der Waals surface area contributed by atoms with Crippen molar-refractivity contribution in [2.75, 3.05) is 13.2 Å². The van der Waals surface area contributed by atoms with Gasteiger partial charge in [-0.3, -0.25) is 14.8 Å². The van der Waals surface area contributed by atoms with Crippen LogP contribution in [0.15, 0.2) is 6.20 Å². The largest absolute Gasteiger partial charge is 0.476 e. The average molecular weight is 243 g/mol. The predicted molar refractivity (Wildman–Crippen MR) is 57.0 cm³/mol. The molecule has 1 rings (SSSR count). The minimum atomic E-state index is -1.40. The van der Waals surface area contributed by atoms with Crippen LogP contribution >= 0.6 is 0 Å². The van der Waals surface area contributed by atoms with E-state index in [1.165, 1.54) is 4.68 Å². The molecule has 8 heteroatoms. The summed E-state index contributed by atoms with van der Waals surface area (Å²) in [5, 5.41) is 23.0. The Balaban J connectivity index is 2.71. The van der Waals surface area contributed by atoms with Crippen LogP contribution in [0.25, 0.3) is 0 Å². The number of nitrogens with zero attached hydrogens (tertiary/aromatic N) is 3. The molecule has 0 unspecified atom stereocenters. The topological polar surface area (TPSA) is 107 Å². The van der Waals surface area contributed by atoms with Crippen LogP contribution in [0.2, 0.25) is 0 Å². The van der Waals surface area contributed by atoms with Gasteiger partial charge in [-0.25, -0.2) is 4.79 Å². The number of aromatic carboxylic acids is 1. The van der Waals surface area contributed by atoms with E-state index in [0.29, 0.717) is 26.2 Å². The van der Waals surface area contributed by atoms with Crippen molar-refractivity contribution in [3.05, 3.63) is 22.0 Å². The number of aromatic nitrogens is 2. The van der Waals surface area contributed by atoms with Crippen LogP contribution in [0.1, 0.15) is 23.8 Å². The third-order valence-corrected chi connectivity index (χ3v) is 2.02. The Morgan fingerprint density at radius 1 is 1.71 bits per heavy atom. The molecule has 0 aliphatic rings. The molecular formula is C9H13N3O5. The van der Waals surface area contributed by atoms with Crippen LogP contribution in [0.4, 0.5) is 5.69 Å². The number of aryl methyl sites for hydroxylation is 1. The number of hydrogen-bond donors (Lipinski definition) is 1. The number of ether oxygens (including phenoxy) is 1. The van der Waals surface area contributed by atoms with Gasteiger partial charge in [-0.15, -0.1) is 0 Å². The molecule has 0 bridgehead atoms. The predicted octanol–water partition coefficient (Wildman–Crippen LogP) is 0.916. The Labute approximate surface area is 97.0 Å². The van der Waals surface area contributed by atoms with E-state index >= 15 is 0 Å². The van der Waals surface area contributed by atoms with Crippen molar-refractivity contribution in [1.29, 1.82) is 0 Å². The van der Waals surface area contributed by atoms with Crippen LogP contribution in [0, 0.1) is 10.1 Å². The van der Waals surface area contributed by atoms with Gasteiger partial charge in [-0.05, 0) is 13.3 Å². The maximum Gasteiger partial charge on any atom is 0.363 e. The molecule has 1 heterocycles. The summed E-state index contributed by atoms with van der Waals surface area (Å²) in [5.41, 5.74) is -1.03. The highest BCUT2D eigenvalue weighted by atomic mass is 16.6. The van der Waals surface area contributed by atoms with Gasteiger partial charge in [0.05, 0.1) is 4.92 Å². The molecule has 0 saturated heterocycles. The smallest absolute Gasteiger partial charge is 0.363 e. The molecule has 0 aromatic carbocycles. The second kappa shape index (κ2) is 5.94. The monoisotopic (exact) mass is 243 g/mol. The summed E-state index contributed by atoms with van der Waals surface area (Å²) in [7, 11) is 0. The highest BCUT2D eigenvalue weighted by molar-refractivity contribution is 5.89. The number of carbonyl (C=O) groups is 1. The first-order chi connectivity index (χ1) is 8.06. The number of nitro groups is 1. The SMILES string of the molecule is CCOCCCn1cc([N+](=O)[O-])c(C(=O)O)n1. The normalized spacial score (nSPS) is 10.4. The van der Waals surface area contributed by atoms with Gasteiger partial charge in [-0.2, -0.15) is 5.10 Å². The summed E-state index contributed by atoms with van der Waals surface area (Å²) in [6.07, 6.45) is 1.74. The van der Waals surface area contributed by atoms with Crippen LogP contribution in [-0.2, 0) is 11.3 Å². The Hall–Kier alpha value is -1.96. The molecule has 1 N–H and O–H groups in total. The standard InChI is InChI=1S/C9H13N3O5/c1-2-17-5-3-4-11-6-7(12(15)16)8(10-11)9(13)14/h6H,2-5H2,1H3,(H,13,14). The molecule has 0 fully saturated rings. The van der Waals surface area contributed by atoms with E-state index in [-0.39, 0.29) is 0 Å². The average Bonchev–Trinajstić information content (AvgIpc) is 2.69. The van der Waals surface area contributed by atoms with Crippen molar-refractivity contribution in [2.24, 2.45) is 0 Å². The Morgan fingerprint density at radius 3 is 2.88 bits per heavy atom. The van der Waals surface area contributed by atoms with Crippen LogP contribution in [0.3, 0.4) is 0 Å². The third-order valence-electron chi connectivity index (χ3n) is 2.02. The van der Waals surface area contributed by atoms with E-state index in [2.05, 4.69) is 5.10 Å². The molecule has 0 amide bonds. The van der Waals surface area contributed by atoms with E-state index in [1.54, 1.807) is 0 Å². The maximum absolute atomic E-state index is 10.7. The number of carboxylic acids is 1. The van der Waals surface area contributed by atoms with Crippen molar-refractivity contribution < 1.29 is 19.6 Å². The number of rotatable bonds is 7. The van der Waals surface area contributed by atoms with Crippen LogP contribution in [0.5, 0.6) is 0 Å². The fraction of sp³-hybridized carbons (Fsp3) is 0.556. The van der Waals surface area contributed by atoms with Gasteiger partial charge in [0.25, 0.3) is 0 Å². The molecule has 8 nitrogen and oxygen atoms in total. The summed E-state index contributed by atoms with van der Waals surface area (Å²) < 4.78 is 6.35. The van der Waals surface area contributed by atoms with Crippen molar-refractivity contribution in [2.45, 2.75) is 19.9 Å². The molecule has 17 heavy (non-hydrogen) atoms. The van der Waals surface area contributed by atoms with Crippen molar-refractivity contribution in [3.63, 3.8) is 0 Å². The lowest BCUT2D eigenvalue weighted by atomic mass is 10.4. The lowest BCUT2D eigenvalue weighted by molar-refractivity contribution is -0.385. The second-order valence-corrected chi connectivity index (χ2v) is 3.24. The Bertz CT molecular complexity index is 383. The van der Waals surface area contributed by atoms with E-state index in [4.69, 9.17) is 9.84 Å². The highest BCUT2D eigenvalue weighted by Gasteiger charge is 2.24. The first kappa shape index (κ1) is 13.1. The van der Waals surface area contributed by atoms with E-state index in [1.807, 2.05) is 6.92 Å². The minimum Gasteiger partial charge on any atom is -0.476 e.